The van der Waals surface area contributed by atoms with Crippen LogP contribution in [-0.2, 0) is 22.6 Å². The van der Waals surface area contributed by atoms with Crippen LogP contribution in [0.1, 0.15) is 36.4 Å². The Morgan fingerprint density at radius 2 is 1.79 bits per heavy atom. The highest BCUT2D eigenvalue weighted by Gasteiger charge is 2.39. The normalized spacial score (nSPS) is 23.9. The minimum absolute atomic E-state index is 0.00112. The zero-order valence-corrected chi connectivity index (χ0v) is 18.5. The molecule has 8 nitrogen and oxygen atoms in total. The molecule has 2 fully saturated rings. The van der Waals surface area contributed by atoms with E-state index in [4.69, 9.17) is 0 Å². The van der Waals surface area contributed by atoms with Gasteiger partial charge in [-0.25, -0.2) is 4.79 Å². The van der Waals surface area contributed by atoms with Gasteiger partial charge >= 0.3 is 6.03 Å². The van der Waals surface area contributed by atoms with Crippen LogP contribution in [0, 0.1) is 5.92 Å². The Labute approximate surface area is 192 Å². The van der Waals surface area contributed by atoms with Crippen molar-refractivity contribution in [1.82, 2.24) is 19.7 Å². The molecule has 172 valence electrons. The van der Waals surface area contributed by atoms with E-state index >= 15 is 0 Å². The first-order valence-corrected chi connectivity index (χ1v) is 11.6. The molecule has 2 saturated heterocycles. The number of carbonyl (C=O) groups is 3. The molecule has 4 amide bonds. The third-order valence-corrected chi connectivity index (χ3v) is 7.05. The van der Waals surface area contributed by atoms with E-state index in [-0.39, 0.29) is 41.7 Å². The van der Waals surface area contributed by atoms with Crippen molar-refractivity contribution in [2.24, 2.45) is 5.92 Å². The molecule has 1 N–H and O–H groups in total. The van der Waals surface area contributed by atoms with Crippen LogP contribution >= 0.6 is 0 Å². The maximum atomic E-state index is 13.0. The highest BCUT2D eigenvalue weighted by atomic mass is 16.2. The minimum Gasteiger partial charge on any atom is -0.342 e. The van der Waals surface area contributed by atoms with E-state index in [0.717, 1.165) is 17.7 Å². The first-order chi connectivity index (χ1) is 16.0. The van der Waals surface area contributed by atoms with E-state index in [1.165, 1.54) is 4.90 Å². The second kappa shape index (κ2) is 8.84. The monoisotopic (exact) mass is 448 g/mol. The SMILES string of the molecule is O=C(CCC1NC(=O)N(CCc2ccccc2)C1=O)N1C[C@H]2C[C@@H](C1)c1cccc(=O)n1C2. The largest absolute Gasteiger partial charge is 0.342 e. The fourth-order valence-electron chi connectivity index (χ4n) is 5.40. The van der Waals surface area contributed by atoms with E-state index < -0.39 is 6.04 Å². The highest BCUT2D eigenvalue weighted by Crippen LogP contribution is 2.35. The molecule has 1 aromatic heterocycles. The van der Waals surface area contributed by atoms with Gasteiger partial charge in [0.2, 0.25) is 5.91 Å². The summed E-state index contributed by atoms with van der Waals surface area (Å²) in [7, 11) is 0. The summed E-state index contributed by atoms with van der Waals surface area (Å²) in [6.07, 6.45) is 2.10. The maximum Gasteiger partial charge on any atom is 0.324 e. The van der Waals surface area contributed by atoms with Crippen molar-refractivity contribution in [3.8, 4) is 0 Å². The summed E-state index contributed by atoms with van der Waals surface area (Å²) in [4.78, 5) is 53.3. The molecule has 0 saturated carbocycles. The van der Waals surface area contributed by atoms with Gasteiger partial charge in [0, 0.05) is 50.3 Å². The zero-order valence-electron chi connectivity index (χ0n) is 18.5. The van der Waals surface area contributed by atoms with Crippen molar-refractivity contribution in [2.75, 3.05) is 19.6 Å². The molecule has 1 unspecified atom stereocenters. The molecule has 0 aliphatic carbocycles. The van der Waals surface area contributed by atoms with Gasteiger partial charge in [-0.2, -0.15) is 0 Å². The number of nitrogens with zero attached hydrogens (tertiary/aromatic N) is 3. The number of pyridine rings is 1. The molecule has 0 spiro atoms. The van der Waals surface area contributed by atoms with Gasteiger partial charge in [-0.15, -0.1) is 0 Å². The number of hydrogen-bond donors (Lipinski definition) is 1. The molecule has 5 rings (SSSR count). The van der Waals surface area contributed by atoms with Crippen LogP contribution in [0.4, 0.5) is 4.79 Å². The first-order valence-electron chi connectivity index (χ1n) is 11.6. The number of imide groups is 1. The quantitative estimate of drug-likeness (QED) is 0.682. The topological polar surface area (TPSA) is 91.7 Å². The molecule has 0 radical (unpaired) electrons. The van der Waals surface area contributed by atoms with Crippen molar-refractivity contribution >= 4 is 17.8 Å². The maximum absolute atomic E-state index is 13.0. The van der Waals surface area contributed by atoms with Crippen LogP contribution in [0.3, 0.4) is 0 Å². The van der Waals surface area contributed by atoms with Gasteiger partial charge in [0.1, 0.15) is 6.04 Å². The van der Waals surface area contributed by atoms with Gasteiger partial charge in [-0.05, 0) is 36.8 Å². The van der Waals surface area contributed by atoms with Crippen LogP contribution in [0.2, 0.25) is 0 Å². The second-order valence-corrected chi connectivity index (χ2v) is 9.26. The molecule has 4 heterocycles. The minimum atomic E-state index is -0.652. The molecule has 3 aliphatic rings. The number of benzene rings is 1. The number of nitrogens with one attached hydrogen (secondary N) is 1. The fraction of sp³-hybridized carbons (Fsp3) is 0.440. The summed E-state index contributed by atoms with van der Waals surface area (Å²) in [5.74, 6) is 0.173. The summed E-state index contributed by atoms with van der Waals surface area (Å²) >= 11 is 0. The van der Waals surface area contributed by atoms with Crippen LogP contribution < -0.4 is 10.9 Å². The van der Waals surface area contributed by atoms with Gasteiger partial charge in [-0.3, -0.25) is 19.3 Å². The van der Waals surface area contributed by atoms with Gasteiger partial charge in [0.05, 0.1) is 0 Å². The van der Waals surface area contributed by atoms with Crippen molar-refractivity contribution in [3.05, 3.63) is 70.1 Å². The summed E-state index contributed by atoms with van der Waals surface area (Å²) in [6, 6.07) is 14.0. The Kier molecular flexibility index (Phi) is 5.74. The van der Waals surface area contributed by atoms with E-state index in [9.17, 15) is 19.2 Å². The number of rotatable bonds is 6. The number of likely N-dealkylation sites (tertiary alicyclic amines) is 1. The smallest absolute Gasteiger partial charge is 0.324 e. The van der Waals surface area contributed by atoms with Crippen LogP contribution in [-0.4, -0.2) is 57.9 Å². The molecular formula is C25H28N4O4. The molecule has 1 aromatic carbocycles. The zero-order chi connectivity index (χ0) is 22.9. The lowest BCUT2D eigenvalue weighted by atomic mass is 9.83. The standard InChI is InChI=1S/C25H28N4O4/c30-22(27-14-18-13-19(16-27)21-7-4-8-23(31)29(21)15-18)10-9-20-24(32)28(25(33)26-20)12-11-17-5-2-1-3-6-17/h1-8,18-20H,9-16H2,(H,26,33)/t18-,19+,20?/m1/s1. The summed E-state index contributed by atoms with van der Waals surface area (Å²) < 4.78 is 1.84. The molecule has 3 atom stereocenters. The van der Waals surface area contributed by atoms with Crippen molar-refractivity contribution in [3.63, 3.8) is 0 Å². The Morgan fingerprint density at radius 1 is 0.970 bits per heavy atom. The third-order valence-electron chi connectivity index (χ3n) is 7.05. The number of hydrogen-bond acceptors (Lipinski definition) is 4. The van der Waals surface area contributed by atoms with Crippen molar-refractivity contribution in [1.29, 1.82) is 0 Å². The fourth-order valence-corrected chi connectivity index (χ4v) is 5.40. The number of piperidine rings is 1. The number of aromatic nitrogens is 1. The Bertz CT molecular complexity index is 1130. The lowest BCUT2D eigenvalue weighted by molar-refractivity contribution is -0.134. The van der Waals surface area contributed by atoms with E-state index in [1.54, 1.807) is 12.1 Å². The van der Waals surface area contributed by atoms with E-state index in [1.807, 2.05) is 45.9 Å². The van der Waals surface area contributed by atoms with E-state index in [0.29, 0.717) is 39.0 Å². The average molecular weight is 449 g/mol. The molecule has 8 heteroatoms. The Hall–Kier alpha value is -3.42. The van der Waals surface area contributed by atoms with Gasteiger partial charge < -0.3 is 14.8 Å². The number of amides is 4. The van der Waals surface area contributed by atoms with Gasteiger partial charge in [0.15, 0.2) is 0 Å². The third kappa shape index (κ3) is 4.29. The summed E-state index contributed by atoms with van der Waals surface area (Å²) in [6.45, 7) is 2.19. The molecule has 3 aliphatic heterocycles. The average Bonchev–Trinajstić information content (AvgIpc) is 3.09. The van der Waals surface area contributed by atoms with Crippen molar-refractivity contribution < 1.29 is 14.4 Å². The predicted octanol–water partition coefficient (Wildman–Crippen LogP) is 1.74. The molecule has 33 heavy (non-hydrogen) atoms. The van der Waals surface area contributed by atoms with Crippen molar-refractivity contribution in [2.45, 2.75) is 44.2 Å². The first kappa shape index (κ1) is 21.4. The molecule has 2 bridgehead atoms. The van der Waals surface area contributed by atoms with Gasteiger partial charge in [0.25, 0.3) is 11.5 Å². The molecular weight excluding hydrogens is 420 g/mol. The molecule has 2 aromatic rings. The Balaban J connectivity index is 1.16. The lowest BCUT2D eigenvalue weighted by Crippen LogP contribution is -2.49. The number of carbonyl (C=O) groups excluding carboxylic acids is 3. The summed E-state index contributed by atoms with van der Waals surface area (Å²) in [5, 5.41) is 2.74. The van der Waals surface area contributed by atoms with Crippen LogP contribution in [0.15, 0.2) is 53.3 Å². The summed E-state index contributed by atoms with van der Waals surface area (Å²) in [5.41, 5.74) is 2.09. The van der Waals surface area contributed by atoms with E-state index in [2.05, 4.69) is 5.32 Å². The second-order valence-electron chi connectivity index (χ2n) is 9.26. The predicted molar refractivity (Wildman–Crippen MR) is 122 cm³/mol. The number of fused-ring (bicyclic) bond motifs is 4. The lowest BCUT2D eigenvalue weighted by Gasteiger charge is -2.42. The number of urea groups is 1. The Morgan fingerprint density at radius 3 is 2.61 bits per heavy atom. The van der Waals surface area contributed by atoms with Crippen LogP contribution in [0.25, 0.3) is 0 Å². The van der Waals surface area contributed by atoms with Gasteiger partial charge in [-0.1, -0.05) is 36.4 Å². The highest BCUT2D eigenvalue weighted by molar-refractivity contribution is 6.04. The van der Waals surface area contributed by atoms with Crippen LogP contribution in [0.5, 0.6) is 0 Å².